The van der Waals surface area contributed by atoms with E-state index in [-0.39, 0.29) is 16.9 Å². The van der Waals surface area contributed by atoms with E-state index < -0.39 is 41.6 Å². The van der Waals surface area contributed by atoms with Gasteiger partial charge in [-0.25, -0.2) is 13.8 Å². The third-order valence-corrected chi connectivity index (χ3v) is 4.19. The third-order valence-electron chi connectivity index (χ3n) is 4.19. The van der Waals surface area contributed by atoms with E-state index in [0.29, 0.717) is 0 Å². The van der Waals surface area contributed by atoms with Crippen LogP contribution in [0.1, 0.15) is 25.9 Å². The zero-order valence-electron chi connectivity index (χ0n) is 13.7. The number of aryl methyl sites for hydroxylation is 1. The molecule has 0 aliphatic carbocycles. The van der Waals surface area contributed by atoms with Gasteiger partial charge in [-0.3, -0.25) is 9.36 Å². The highest BCUT2D eigenvalue weighted by Gasteiger charge is 2.59. The number of hydrogen-bond acceptors (Lipinski definition) is 5. The van der Waals surface area contributed by atoms with Crippen LogP contribution in [-0.2, 0) is 4.74 Å². The van der Waals surface area contributed by atoms with Gasteiger partial charge in [-0.1, -0.05) is 5.92 Å². The monoisotopic (exact) mass is 353 g/mol. The molecule has 7 nitrogen and oxygen atoms in total. The molecule has 134 valence electrons. The van der Waals surface area contributed by atoms with Gasteiger partial charge in [-0.05, 0) is 20.8 Å². The van der Waals surface area contributed by atoms with E-state index in [1.54, 1.807) is 0 Å². The Morgan fingerprint density at radius 2 is 2.24 bits per heavy atom. The summed E-state index contributed by atoms with van der Waals surface area (Å²) in [6, 6.07) is 0. The number of fused-ring (bicyclic) bond motifs is 1. The Labute approximate surface area is 141 Å². The second-order valence-corrected chi connectivity index (χ2v) is 6.02. The number of hydrogen-bond donors (Lipinski definition) is 3. The maximum atomic E-state index is 15.5. The highest BCUT2D eigenvalue weighted by atomic mass is 19.1. The molecule has 3 rings (SSSR count). The van der Waals surface area contributed by atoms with Crippen molar-refractivity contribution in [3.63, 3.8) is 0 Å². The molecule has 2 aromatic heterocycles. The average Bonchev–Trinajstić information content (AvgIpc) is 2.96. The second-order valence-electron chi connectivity index (χ2n) is 6.02. The number of aromatic nitrogens is 3. The molecule has 0 spiro atoms. The van der Waals surface area contributed by atoms with Crippen molar-refractivity contribution >= 4 is 11.0 Å². The number of halogens is 2. The van der Waals surface area contributed by atoms with Crippen LogP contribution in [0.4, 0.5) is 8.78 Å². The maximum absolute atomic E-state index is 15.5. The first-order valence-corrected chi connectivity index (χ1v) is 7.62. The molecule has 0 amide bonds. The van der Waals surface area contributed by atoms with Gasteiger partial charge in [0, 0.05) is 6.20 Å². The van der Waals surface area contributed by atoms with Crippen molar-refractivity contribution in [1.82, 2.24) is 14.5 Å². The quantitative estimate of drug-likeness (QED) is 0.685. The van der Waals surface area contributed by atoms with Gasteiger partial charge in [0.15, 0.2) is 17.7 Å². The number of nitrogens with one attached hydrogen (secondary N) is 1. The summed E-state index contributed by atoms with van der Waals surface area (Å²) in [7, 11) is 0. The summed E-state index contributed by atoms with van der Waals surface area (Å²) in [5.74, 6) is 3.92. The van der Waals surface area contributed by atoms with Crippen molar-refractivity contribution in [3.8, 4) is 11.8 Å². The van der Waals surface area contributed by atoms with Gasteiger partial charge >= 0.3 is 0 Å². The van der Waals surface area contributed by atoms with Crippen LogP contribution in [0.5, 0.6) is 0 Å². The summed E-state index contributed by atoms with van der Waals surface area (Å²) < 4.78 is 36.2. The van der Waals surface area contributed by atoms with E-state index in [1.807, 2.05) is 0 Å². The number of nitrogens with zero attached hydrogens (tertiary/aromatic N) is 2. The first-order valence-electron chi connectivity index (χ1n) is 7.62. The molecule has 0 radical (unpaired) electrons. The third kappa shape index (κ3) is 2.54. The van der Waals surface area contributed by atoms with Crippen molar-refractivity contribution in [2.75, 3.05) is 0 Å². The van der Waals surface area contributed by atoms with E-state index in [2.05, 4.69) is 21.8 Å². The van der Waals surface area contributed by atoms with Crippen LogP contribution in [0.3, 0.4) is 0 Å². The van der Waals surface area contributed by atoms with Gasteiger partial charge in [0.2, 0.25) is 5.67 Å². The van der Waals surface area contributed by atoms with E-state index >= 15 is 4.39 Å². The molecular weight excluding hydrogens is 336 g/mol. The Morgan fingerprint density at radius 3 is 2.84 bits per heavy atom. The van der Waals surface area contributed by atoms with Crippen LogP contribution in [0.2, 0.25) is 0 Å². The summed E-state index contributed by atoms with van der Waals surface area (Å²) in [6.45, 7) is 4.20. The molecule has 1 unspecified atom stereocenters. The minimum absolute atomic E-state index is 0.137. The lowest BCUT2D eigenvalue weighted by molar-refractivity contribution is -0.0776. The lowest BCUT2D eigenvalue weighted by Gasteiger charge is -2.24. The van der Waals surface area contributed by atoms with E-state index in [4.69, 9.17) is 4.74 Å². The number of ether oxygens (including phenoxy) is 1. The van der Waals surface area contributed by atoms with Gasteiger partial charge in [-0.15, -0.1) is 5.92 Å². The van der Waals surface area contributed by atoms with Crippen LogP contribution in [0, 0.1) is 24.6 Å². The van der Waals surface area contributed by atoms with Crippen molar-refractivity contribution < 1.29 is 23.7 Å². The van der Waals surface area contributed by atoms with Crippen LogP contribution in [0.25, 0.3) is 11.0 Å². The fraction of sp³-hybridized carbons (Fsp3) is 0.500. The highest BCUT2D eigenvalue weighted by Crippen LogP contribution is 2.43. The molecular formula is C16H17F2N3O4. The Hall–Kier alpha value is -2.28. The Balaban J connectivity index is 2.25. The Morgan fingerprint density at radius 1 is 1.56 bits per heavy atom. The standard InChI is InChI=1S/C16H17F2N3O4/c1-4-5-16(18)12(23)11(7(2)22)25-15(16)21-6-9(17)10-13(21)19-8(3)20-14(10)24/h6-7,11-12,15,22-23H,1-3H3,(H,19,20,24)/t7-,11-,12+,15-,16?/m1/s1. The predicted octanol–water partition coefficient (Wildman–Crippen LogP) is 0.543. The first kappa shape index (κ1) is 17.5. The van der Waals surface area contributed by atoms with E-state index in [1.165, 1.54) is 20.8 Å². The molecule has 0 saturated carbocycles. The van der Waals surface area contributed by atoms with Gasteiger partial charge in [0.25, 0.3) is 5.56 Å². The number of aromatic amines is 1. The SMILES string of the molecule is CC#CC1(F)[C@@H](O)[C@@H]([C@@H](C)O)O[C@H]1n1cc(F)c2c(=O)[nH]c(C)nc21. The van der Waals surface area contributed by atoms with Crippen molar-refractivity contribution in [1.29, 1.82) is 0 Å². The van der Waals surface area contributed by atoms with Crippen LogP contribution < -0.4 is 5.56 Å². The van der Waals surface area contributed by atoms with E-state index in [0.717, 1.165) is 10.8 Å². The van der Waals surface area contributed by atoms with Gasteiger partial charge < -0.3 is 19.9 Å². The molecule has 0 bridgehead atoms. The molecule has 1 fully saturated rings. The fourth-order valence-electron chi connectivity index (χ4n) is 3.08. The minimum atomic E-state index is -2.62. The molecule has 25 heavy (non-hydrogen) atoms. The molecule has 1 aliphatic heterocycles. The molecule has 5 atom stereocenters. The van der Waals surface area contributed by atoms with Crippen molar-refractivity contribution in [2.45, 2.75) is 51.0 Å². The summed E-state index contributed by atoms with van der Waals surface area (Å²) >= 11 is 0. The average molecular weight is 353 g/mol. The summed E-state index contributed by atoms with van der Waals surface area (Å²) in [5, 5.41) is 19.7. The molecule has 3 N–H and O–H groups in total. The number of aliphatic hydroxyl groups is 2. The largest absolute Gasteiger partial charge is 0.391 e. The Bertz CT molecular complexity index is 942. The van der Waals surface area contributed by atoms with Crippen molar-refractivity contribution in [3.05, 3.63) is 28.2 Å². The molecule has 3 heterocycles. The fourth-order valence-corrected chi connectivity index (χ4v) is 3.08. The van der Waals surface area contributed by atoms with Gasteiger partial charge in [0.1, 0.15) is 23.4 Å². The smallest absolute Gasteiger partial charge is 0.263 e. The molecule has 9 heteroatoms. The highest BCUT2D eigenvalue weighted by molar-refractivity contribution is 5.76. The van der Waals surface area contributed by atoms with Crippen LogP contribution in [0.15, 0.2) is 11.0 Å². The number of H-pyrrole nitrogens is 1. The maximum Gasteiger partial charge on any atom is 0.263 e. The van der Waals surface area contributed by atoms with Gasteiger partial charge in [0.05, 0.1) is 6.10 Å². The van der Waals surface area contributed by atoms with Crippen molar-refractivity contribution in [2.24, 2.45) is 0 Å². The molecule has 1 saturated heterocycles. The molecule has 1 aliphatic rings. The summed E-state index contributed by atoms with van der Waals surface area (Å²) in [6.07, 6.45) is -4.96. The van der Waals surface area contributed by atoms with Crippen LogP contribution in [-0.4, -0.2) is 48.7 Å². The lowest BCUT2D eigenvalue weighted by atomic mass is 9.94. The zero-order valence-corrected chi connectivity index (χ0v) is 13.7. The predicted molar refractivity (Wildman–Crippen MR) is 83.9 cm³/mol. The summed E-state index contributed by atoms with van der Waals surface area (Å²) in [4.78, 5) is 18.4. The zero-order chi connectivity index (χ0) is 18.5. The van der Waals surface area contributed by atoms with Gasteiger partial charge in [-0.2, -0.15) is 0 Å². The first-order chi connectivity index (χ1) is 11.7. The lowest BCUT2D eigenvalue weighted by Crippen LogP contribution is -2.44. The van der Waals surface area contributed by atoms with E-state index in [9.17, 15) is 19.4 Å². The number of aliphatic hydroxyl groups excluding tert-OH is 2. The second kappa shape index (κ2) is 5.91. The topological polar surface area (TPSA) is 100 Å². The molecule has 0 aromatic carbocycles. The minimum Gasteiger partial charge on any atom is -0.391 e. The molecule has 2 aromatic rings. The summed E-state index contributed by atoms with van der Waals surface area (Å²) in [5.41, 5.74) is -3.47. The number of alkyl halides is 1. The Kier molecular flexibility index (Phi) is 4.15. The van der Waals surface area contributed by atoms with Crippen LogP contribution >= 0.6 is 0 Å². The normalized spacial score (nSPS) is 30.3. The number of rotatable bonds is 2.